The first-order valence-electron chi connectivity index (χ1n) is 6.60. The molecule has 0 aliphatic heterocycles. The maximum atomic E-state index is 4.66. The number of aromatic amines is 1. The molecular formula is C13H23N3. The Hall–Kier alpha value is -0.830. The van der Waals surface area contributed by atoms with Gasteiger partial charge in [0.2, 0.25) is 0 Å². The average molecular weight is 221 g/mol. The van der Waals surface area contributed by atoms with Gasteiger partial charge in [-0.3, -0.25) is 0 Å². The molecule has 0 saturated heterocycles. The second-order valence-corrected chi connectivity index (χ2v) is 4.79. The molecule has 0 amide bonds. The minimum absolute atomic E-state index is 0.877. The van der Waals surface area contributed by atoms with Crippen molar-refractivity contribution in [2.45, 2.75) is 52.5 Å². The van der Waals surface area contributed by atoms with Gasteiger partial charge in [0, 0.05) is 5.69 Å². The Morgan fingerprint density at radius 1 is 1.44 bits per heavy atom. The molecule has 3 nitrogen and oxygen atoms in total. The van der Waals surface area contributed by atoms with Crippen molar-refractivity contribution >= 4 is 0 Å². The van der Waals surface area contributed by atoms with Crippen LogP contribution in [0.4, 0.5) is 0 Å². The van der Waals surface area contributed by atoms with E-state index in [0.717, 1.165) is 24.8 Å². The second kappa shape index (κ2) is 5.48. The molecule has 0 saturated carbocycles. The van der Waals surface area contributed by atoms with Gasteiger partial charge in [0.1, 0.15) is 5.82 Å². The van der Waals surface area contributed by atoms with Crippen molar-refractivity contribution in [2.24, 2.45) is 5.92 Å². The Kier molecular flexibility index (Phi) is 3.99. The summed E-state index contributed by atoms with van der Waals surface area (Å²) in [6, 6.07) is 0. The Balaban J connectivity index is 1.99. The van der Waals surface area contributed by atoms with Crippen LogP contribution < -0.4 is 5.32 Å². The molecule has 3 heteroatoms. The minimum Gasteiger partial charge on any atom is -0.345 e. The lowest BCUT2D eigenvalue weighted by atomic mass is 9.87. The molecule has 1 aliphatic carbocycles. The molecule has 2 rings (SSSR count). The molecule has 0 spiro atoms. The normalized spacial score (nSPS) is 19.8. The summed E-state index contributed by atoms with van der Waals surface area (Å²) in [5.41, 5.74) is 2.72. The van der Waals surface area contributed by atoms with E-state index in [2.05, 4.69) is 29.1 Å². The summed E-state index contributed by atoms with van der Waals surface area (Å²) in [5, 5.41) is 3.32. The van der Waals surface area contributed by atoms with E-state index in [0.29, 0.717) is 0 Å². The van der Waals surface area contributed by atoms with Gasteiger partial charge < -0.3 is 10.3 Å². The van der Waals surface area contributed by atoms with Gasteiger partial charge in [0.25, 0.3) is 0 Å². The van der Waals surface area contributed by atoms with E-state index in [-0.39, 0.29) is 0 Å². The van der Waals surface area contributed by atoms with E-state index in [9.17, 15) is 0 Å². The number of imidazole rings is 1. The molecule has 0 aromatic carbocycles. The highest BCUT2D eigenvalue weighted by atomic mass is 15.0. The first-order valence-corrected chi connectivity index (χ1v) is 6.60. The predicted molar refractivity (Wildman–Crippen MR) is 66.4 cm³/mol. The van der Waals surface area contributed by atoms with E-state index in [1.165, 1.54) is 43.5 Å². The van der Waals surface area contributed by atoms with Gasteiger partial charge >= 0.3 is 0 Å². The zero-order chi connectivity index (χ0) is 11.4. The molecule has 1 aromatic heterocycles. The van der Waals surface area contributed by atoms with E-state index in [1.807, 2.05) is 0 Å². The van der Waals surface area contributed by atoms with Crippen LogP contribution in [0.5, 0.6) is 0 Å². The summed E-state index contributed by atoms with van der Waals surface area (Å²) in [4.78, 5) is 8.15. The zero-order valence-electron chi connectivity index (χ0n) is 10.5. The summed E-state index contributed by atoms with van der Waals surface area (Å²) < 4.78 is 0. The molecule has 1 aromatic rings. The van der Waals surface area contributed by atoms with Gasteiger partial charge in [0.15, 0.2) is 0 Å². The molecular weight excluding hydrogens is 198 g/mol. The lowest BCUT2D eigenvalue weighted by molar-refractivity contribution is 0.416. The quantitative estimate of drug-likeness (QED) is 0.801. The third-order valence-corrected chi connectivity index (χ3v) is 3.43. The topological polar surface area (TPSA) is 40.7 Å². The third kappa shape index (κ3) is 2.64. The number of nitrogens with one attached hydrogen (secondary N) is 2. The molecule has 2 N–H and O–H groups in total. The van der Waals surface area contributed by atoms with E-state index in [1.54, 1.807) is 0 Å². The number of aromatic nitrogens is 2. The van der Waals surface area contributed by atoms with Crippen LogP contribution in [0, 0.1) is 5.92 Å². The lowest BCUT2D eigenvalue weighted by Crippen LogP contribution is -2.13. The highest BCUT2D eigenvalue weighted by molar-refractivity contribution is 5.18. The van der Waals surface area contributed by atoms with Crippen LogP contribution in [0.1, 0.15) is 50.3 Å². The number of aryl methyl sites for hydroxylation is 1. The summed E-state index contributed by atoms with van der Waals surface area (Å²) in [5.74, 6) is 1.99. The van der Waals surface area contributed by atoms with Gasteiger partial charge in [0.05, 0.1) is 12.2 Å². The van der Waals surface area contributed by atoms with Crippen molar-refractivity contribution in [3.63, 3.8) is 0 Å². The van der Waals surface area contributed by atoms with Crippen LogP contribution in [0.25, 0.3) is 0 Å². The minimum atomic E-state index is 0.877. The van der Waals surface area contributed by atoms with Crippen molar-refractivity contribution < 1.29 is 0 Å². The first kappa shape index (κ1) is 11.6. The van der Waals surface area contributed by atoms with E-state index < -0.39 is 0 Å². The van der Waals surface area contributed by atoms with Gasteiger partial charge in [-0.2, -0.15) is 0 Å². The molecule has 16 heavy (non-hydrogen) atoms. The number of fused-ring (bicyclic) bond motifs is 1. The fourth-order valence-corrected chi connectivity index (χ4v) is 2.59. The van der Waals surface area contributed by atoms with Crippen molar-refractivity contribution in [3.05, 3.63) is 17.2 Å². The second-order valence-electron chi connectivity index (χ2n) is 4.79. The van der Waals surface area contributed by atoms with Crippen LogP contribution in [-0.4, -0.2) is 16.5 Å². The summed E-state index contributed by atoms with van der Waals surface area (Å²) in [7, 11) is 0. The van der Waals surface area contributed by atoms with Crippen LogP contribution in [0.2, 0.25) is 0 Å². The molecule has 1 heterocycles. The standard InChI is InChI=1S/C13H23N3/c1-3-5-10-6-7-11-12(8-10)16-13(15-11)9-14-4-2/h10,14H,3-9H2,1-2H3,(H,15,16). The molecule has 1 atom stereocenters. The molecule has 1 aliphatic rings. The highest BCUT2D eigenvalue weighted by Gasteiger charge is 2.21. The van der Waals surface area contributed by atoms with Crippen molar-refractivity contribution in [2.75, 3.05) is 6.54 Å². The zero-order valence-corrected chi connectivity index (χ0v) is 10.5. The number of rotatable bonds is 5. The van der Waals surface area contributed by atoms with Gasteiger partial charge in [-0.25, -0.2) is 4.98 Å². The molecule has 0 radical (unpaired) electrons. The van der Waals surface area contributed by atoms with Crippen LogP contribution in [0.3, 0.4) is 0 Å². The molecule has 0 bridgehead atoms. The van der Waals surface area contributed by atoms with Gasteiger partial charge in [-0.1, -0.05) is 26.7 Å². The fraction of sp³-hybridized carbons (Fsp3) is 0.769. The van der Waals surface area contributed by atoms with E-state index >= 15 is 0 Å². The summed E-state index contributed by atoms with van der Waals surface area (Å²) >= 11 is 0. The summed E-state index contributed by atoms with van der Waals surface area (Å²) in [6.45, 7) is 6.28. The predicted octanol–water partition coefficient (Wildman–Crippen LogP) is 2.42. The highest BCUT2D eigenvalue weighted by Crippen LogP contribution is 2.26. The lowest BCUT2D eigenvalue weighted by Gasteiger charge is -2.20. The molecule has 1 unspecified atom stereocenters. The third-order valence-electron chi connectivity index (χ3n) is 3.43. The van der Waals surface area contributed by atoms with Crippen molar-refractivity contribution in [1.29, 1.82) is 0 Å². The van der Waals surface area contributed by atoms with Crippen molar-refractivity contribution in [3.8, 4) is 0 Å². The Labute approximate surface area is 98.1 Å². The number of hydrogen-bond acceptors (Lipinski definition) is 2. The molecule has 90 valence electrons. The Morgan fingerprint density at radius 2 is 2.31 bits per heavy atom. The largest absolute Gasteiger partial charge is 0.345 e. The van der Waals surface area contributed by atoms with E-state index in [4.69, 9.17) is 0 Å². The maximum absolute atomic E-state index is 4.66. The Morgan fingerprint density at radius 3 is 3.06 bits per heavy atom. The molecule has 0 fully saturated rings. The fourth-order valence-electron chi connectivity index (χ4n) is 2.59. The van der Waals surface area contributed by atoms with Gasteiger partial charge in [-0.05, 0) is 31.7 Å². The smallest absolute Gasteiger partial charge is 0.120 e. The van der Waals surface area contributed by atoms with Crippen molar-refractivity contribution in [1.82, 2.24) is 15.3 Å². The number of hydrogen-bond donors (Lipinski definition) is 2. The Bertz CT molecular complexity index is 330. The van der Waals surface area contributed by atoms with Crippen LogP contribution in [-0.2, 0) is 19.4 Å². The maximum Gasteiger partial charge on any atom is 0.120 e. The van der Waals surface area contributed by atoms with Crippen LogP contribution in [0.15, 0.2) is 0 Å². The number of H-pyrrole nitrogens is 1. The average Bonchev–Trinajstić information content (AvgIpc) is 2.68. The number of nitrogens with zero attached hydrogens (tertiary/aromatic N) is 1. The monoisotopic (exact) mass is 221 g/mol. The van der Waals surface area contributed by atoms with Crippen LogP contribution >= 0.6 is 0 Å². The van der Waals surface area contributed by atoms with Gasteiger partial charge in [-0.15, -0.1) is 0 Å². The first-order chi connectivity index (χ1) is 7.83. The summed E-state index contributed by atoms with van der Waals surface area (Å²) in [6.07, 6.45) is 6.37. The SMILES string of the molecule is CCCC1CCc2nc(CNCC)[nH]c2C1.